The van der Waals surface area contributed by atoms with Crippen molar-refractivity contribution in [3.63, 3.8) is 0 Å². The minimum Gasteiger partial charge on any atom is -0.323 e. The second kappa shape index (κ2) is 6.15. The number of benzene rings is 1. The molecule has 7 heteroatoms. The Morgan fingerprint density at radius 3 is 1.67 bits per heavy atom. The molecule has 0 aliphatic rings. The smallest absolute Gasteiger partial charge is 0.200 e. The first-order valence-corrected chi connectivity index (χ1v) is 4.68. The summed E-state index contributed by atoms with van der Waals surface area (Å²) >= 11 is 0. The van der Waals surface area contributed by atoms with Crippen LogP contribution in [0.15, 0.2) is 12.2 Å². The van der Waals surface area contributed by atoms with E-state index in [2.05, 4.69) is 6.58 Å². The fraction of sp³-hybridized carbons (Fsp3) is 0.273. The third kappa shape index (κ3) is 3.00. The summed E-state index contributed by atoms with van der Waals surface area (Å²) in [5.41, 5.74) is 4.85. The van der Waals surface area contributed by atoms with Gasteiger partial charge in [0.25, 0.3) is 0 Å². The van der Waals surface area contributed by atoms with Gasteiger partial charge in [-0.05, 0) is 13.3 Å². The summed E-state index contributed by atoms with van der Waals surface area (Å²) in [6.07, 6.45) is -0.0711. The Hall–Kier alpha value is -1.14. The second-order valence-corrected chi connectivity index (χ2v) is 3.75. The van der Waals surface area contributed by atoms with E-state index >= 15 is 0 Å². The van der Waals surface area contributed by atoms with Gasteiger partial charge in [-0.25, -0.2) is 22.0 Å². The van der Waals surface area contributed by atoms with Crippen molar-refractivity contribution in [2.45, 2.75) is 19.4 Å². The maximum atomic E-state index is 13.3. The average molecular weight is 288 g/mol. The molecular formula is C11H11ClF5N. The summed E-state index contributed by atoms with van der Waals surface area (Å²) < 4.78 is 65.0. The van der Waals surface area contributed by atoms with E-state index < -0.39 is 40.7 Å². The quantitative estimate of drug-likeness (QED) is 0.389. The fourth-order valence-electron chi connectivity index (χ4n) is 1.42. The van der Waals surface area contributed by atoms with Gasteiger partial charge in [-0.1, -0.05) is 5.57 Å². The van der Waals surface area contributed by atoms with Gasteiger partial charge < -0.3 is 5.73 Å². The van der Waals surface area contributed by atoms with Gasteiger partial charge in [-0.3, -0.25) is 0 Å². The largest absolute Gasteiger partial charge is 0.323 e. The number of nitrogens with two attached hydrogens (primary N) is 1. The predicted molar refractivity (Wildman–Crippen MR) is 59.8 cm³/mol. The molecule has 18 heavy (non-hydrogen) atoms. The van der Waals surface area contributed by atoms with E-state index in [0.29, 0.717) is 5.57 Å². The summed E-state index contributed by atoms with van der Waals surface area (Å²) in [5, 5.41) is 0. The average Bonchev–Trinajstić information content (AvgIpc) is 2.23. The molecular weight excluding hydrogens is 277 g/mol. The Morgan fingerprint density at radius 1 is 1.00 bits per heavy atom. The van der Waals surface area contributed by atoms with Crippen LogP contribution in [0.1, 0.15) is 24.9 Å². The SMILES string of the molecule is C=C(C)C[C@@H](N)c1c(F)c(F)c(F)c(F)c1F.Cl. The van der Waals surface area contributed by atoms with Crippen LogP contribution in [0.25, 0.3) is 0 Å². The Labute approximate surface area is 107 Å². The second-order valence-electron chi connectivity index (χ2n) is 3.75. The third-order valence-electron chi connectivity index (χ3n) is 2.18. The first-order valence-electron chi connectivity index (χ1n) is 4.68. The Bertz CT molecular complexity index is 446. The van der Waals surface area contributed by atoms with E-state index in [1.54, 1.807) is 0 Å². The van der Waals surface area contributed by atoms with Crippen LogP contribution in [0.5, 0.6) is 0 Å². The Kier molecular flexibility index (Phi) is 5.76. The maximum Gasteiger partial charge on any atom is 0.200 e. The van der Waals surface area contributed by atoms with Crippen LogP contribution in [0.3, 0.4) is 0 Å². The van der Waals surface area contributed by atoms with Crippen LogP contribution in [-0.2, 0) is 0 Å². The molecule has 1 aromatic carbocycles. The van der Waals surface area contributed by atoms with E-state index in [4.69, 9.17) is 5.73 Å². The normalized spacial score (nSPS) is 11.9. The lowest BCUT2D eigenvalue weighted by Gasteiger charge is -2.15. The van der Waals surface area contributed by atoms with Gasteiger partial charge in [0.2, 0.25) is 5.82 Å². The van der Waals surface area contributed by atoms with E-state index in [9.17, 15) is 22.0 Å². The third-order valence-corrected chi connectivity index (χ3v) is 2.18. The van der Waals surface area contributed by atoms with Gasteiger partial charge in [0, 0.05) is 11.6 Å². The predicted octanol–water partition coefficient (Wildman–Crippen LogP) is 3.77. The molecule has 0 saturated heterocycles. The molecule has 0 spiro atoms. The van der Waals surface area contributed by atoms with Crippen molar-refractivity contribution in [2.24, 2.45) is 5.73 Å². The topological polar surface area (TPSA) is 26.0 Å². The van der Waals surface area contributed by atoms with Crippen LogP contribution in [0.4, 0.5) is 22.0 Å². The van der Waals surface area contributed by atoms with E-state index in [0.717, 1.165) is 0 Å². The molecule has 0 aliphatic carbocycles. The van der Waals surface area contributed by atoms with Crippen molar-refractivity contribution in [2.75, 3.05) is 0 Å². The molecule has 1 atom stereocenters. The molecule has 1 rings (SSSR count). The van der Waals surface area contributed by atoms with Gasteiger partial charge in [-0.2, -0.15) is 0 Å². The summed E-state index contributed by atoms with van der Waals surface area (Å²) in [4.78, 5) is 0. The van der Waals surface area contributed by atoms with E-state index in [1.165, 1.54) is 6.92 Å². The lowest BCUT2D eigenvalue weighted by molar-refractivity contribution is 0.363. The number of rotatable bonds is 3. The summed E-state index contributed by atoms with van der Waals surface area (Å²) in [7, 11) is 0. The maximum absolute atomic E-state index is 13.3. The summed E-state index contributed by atoms with van der Waals surface area (Å²) in [5.74, 6) is -9.95. The zero-order chi connectivity index (χ0) is 13.3. The van der Waals surface area contributed by atoms with Crippen molar-refractivity contribution in [1.29, 1.82) is 0 Å². The highest BCUT2D eigenvalue weighted by Crippen LogP contribution is 2.29. The van der Waals surface area contributed by atoms with E-state index in [1.807, 2.05) is 0 Å². The Balaban J connectivity index is 0.00000289. The lowest BCUT2D eigenvalue weighted by atomic mass is 9.99. The van der Waals surface area contributed by atoms with Crippen molar-refractivity contribution in [3.8, 4) is 0 Å². The minimum absolute atomic E-state index is 0. The highest BCUT2D eigenvalue weighted by molar-refractivity contribution is 5.85. The summed E-state index contributed by atoms with van der Waals surface area (Å²) in [6.45, 7) is 4.99. The van der Waals surface area contributed by atoms with Crippen molar-refractivity contribution < 1.29 is 22.0 Å². The molecule has 0 fully saturated rings. The van der Waals surface area contributed by atoms with Crippen LogP contribution >= 0.6 is 12.4 Å². The van der Waals surface area contributed by atoms with Crippen LogP contribution < -0.4 is 5.73 Å². The number of hydrogen-bond acceptors (Lipinski definition) is 1. The number of halogens is 6. The zero-order valence-corrected chi connectivity index (χ0v) is 10.2. The van der Waals surface area contributed by atoms with Crippen LogP contribution in [-0.4, -0.2) is 0 Å². The minimum atomic E-state index is -2.19. The van der Waals surface area contributed by atoms with Crippen molar-refractivity contribution >= 4 is 12.4 Å². The van der Waals surface area contributed by atoms with Crippen molar-refractivity contribution in [1.82, 2.24) is 0 Å². The molecule has 0 bridgehead atoms. The van der Waals surface area contributed by atoms with Crippen molar-refractivity contribution in [3.05, 3.63) is 46.8 Å². The molecule has 0 aliphatic heterocycles. The van der Waals surface area contributed by atoms with Crippen LogP contribution in [0.2, 0.25) is 0 Å². The summed E-state index contributed by atoms with van der Waals surface area (Å²) in [6, 6.07) is -1.32. The molecule has 2 N–H and O–H groups in total. The van der Waals surface area contributed by atoms with Gasteiger partial charge in [0.05, 0.1) is 0 Å². The molecule has 1 nitrogen and oxygen atoms in total. The zero-order valence-electron chi connectivity index (χ0n) is 9.37. The highest BCUT2D eigenvalue weighted by Gasteiger charge is 2.28. The van der Waals surface area contributed by atoms with Gasteiger partial charge in [0.1, 0.15) is 0 Å². The molecule has 0 unspecified atom stereocenters. The number of hydrogen-bond donors (Lipinski definition) is 1. The standard InChI is InChI=1S/C11H10F5N.ClH/c1-4(2)3-5(17)6-7(12)9(14)11(16)10(15)8(6)13;/h5H,1,3,17H2,2H3;1H/t5-;/m1./s1. The first-order chi connectivity index (χ1) is 7.77. The first kappa shape index (κ1) is 16.9. The molecule has 0 aromatic heterocycles. The molecule has 0 heterocycles. The van der Waals surface area contributed by atoms with Gasteiger partial charge in [0.15, 0.2) is 23.3 Å². The Morgan fingerprint density at radius 2 is 1.33 bits per heavy atom. The van der Waals surface area contributed by atoms with Crippen LogP contribution in [0, 0.1) is 29.1 Å². The lowest BCUT2D eigenvalue weighted by Crippen LogP contribution is -2.18. The molecule has 0 amide bonds. The molecule has 0 radical (unpaired) electrons. The molecule has 1 aromatic rings. The van der Waals surface area contributed by atoms with Gasteiger partial charge >= 0.3 is 0 Å². The molecule has 0 saturated carbocycles. The van der Waals surface area contributed by atoms with E-state index in [-0.39, 0.29) is 18.8 Å². The fourth-order valence-corrected chi connectivity index (χ4v) is 1.42. The van der Waals surface area contributed by atoms with Gasteiger partial charge in [-0.15, -0.1) is 19.0 Å². The highest BCUT2D eigenvalue weighted by atomic mass is 35.5. The molecule has 102 valence electrons. The monoisotopic (exact) mass is 287 g/mol.